The summed E-state index contributed by atoms with van der Waals surface area (Å²) in [7, 11) is 0. The molecule has 0 spiro atoms. The highest BCUT2D eigenvalue weighted by molar-refractivity contribution is 6.52. The van der Waals surface area contributed by atoms with Crippen LogP contribution >= 0.6 is 0 Å². The fraction of sp³-hybridized carbons (Fsp3) is 0.125. The number of carbonyl (C=O) groups is 3. The van der Waals surface area contributed by atoms with E-state index in [4.69, 9.17) is 0 Å². The van der Waals surface area contributed by atoms with E-state index in [1.54, 1.807) is 42.6 Å². The Morgan fingerprint density at radius 2 is 1.86 bits per heavy atom. The highest BCUT2D eigenvalue weighted by atomic mass is 16.2. The van der Waals surface area contributed by atoms with Crippen LogP contribution in [0.25, 0.3) is 0 Å². The van der Waals surface area contributed by atoms with Crippen molar-refractivity contribution in [3.63, 3.8) is 0 Å². The average molecular weight is 295 g/mol. The van der Waals surface area contributed by atoms with E-state index >= 15 is 0 Å². The van der Waals surface area contributed by atoms with Crippen molar-refractivity contribution in [2.45, 2.75) is 6.54 Å². The molecule has 0 atom stereocenters. The monoisotopic (exact) mass is 295 g/mol. The molecule has 6 heteroatoms. The van der Waals surface area contributed by atoms with Crippen LogP contribution in [0.4, 0.5) is 5.69 Å². The van der Waals surface area contributed by atoms with E-state index in [0.717, 1.165) is 5.69 Å². The van der Waals surface area contributed by atoms with Crippen LogP contribution in [0, 0.1) is 0 Å². The number of aromatic nitrogens is 1. The summed E-state index contributed by atoms with van der Waals surface area (Å²) in [4.78, 5) is 41.1. The Morgan fingerprint density at radius 3 is 2.64 bits per heavy atom. The number of benzene rings is 1. The van der Waals surface area contributed by atoms with E-state index in [0.29, 0.717) is 11.3 Å². The van der Waals surface area contributed by atoms with Crippen molar-refractivity contribution in [1.82, 2.24) is 10.3 Å². The molecule has 1 aliphatic heterocycles. The zero-order chi connectivity index (χ0) is 15.5. The first kappa shape index (κ1) is 13.9. The topological polar surface area (TPSA) is 79.4 Å². The first-order chi connectivity index (χ1) is 10.7. The second kappa shape index (κ2) is 5.77. The lowest BCUT2D eigenvalue weighted by molar-refractivity contribution is -0.122. The van der Waals surface area contributed by atoms with Gasteiger partial charge in [0.05, 0.1) is 23.5 Å². The molecule has 1 N–H and O–H groups in total. The number of ketones is 1. The fourth-order valence-corrected chi connectivity index (χ4v) is 2.30. The molecule has 0 unspecified atom stereocenters. The molecule has 0 bridgehead atoms. The Labute approximate surface area is 126 Å². The van der Waals surface area contributed by atoms with Gasteiger partial charge in [0.1, 0.15) is 6.54 Å². The minimum absolute atomic E-state index is 0.186. The number of nitrogens with one attached hydrogen (secondary N) is 1. The molecule has 1 aromatic heterocycles. The smallest absolute Gasteiger partial charge is 0.299 e. The summed E-state index contributed by atoms with van der Waals surface area (Å²) in [5.74, 6) is -1.59. The molecule has 6 nitrogen and oxygen atoms in total. The number of anilines is 1. The fourth-order valence-electron chi connectivity index (χ4n) is 2.30. The number of para-hydroxylation sites is 1. The quantitative estimate of drug-likeness (QED) is 0.851. The second-order valence-corrected chi connectivity index (χ2v) is 4.84. The van der Waals surface area contributed by atoms with Crippen molar-refractivity contribution < 1.29 is 14.4 Å². The first-order valence-electron chi connectivity index (χ1n) is 6.78. The molecule has 1 aromatic carbocycles. The SMILES string of the molecule is O=C(CN1C(=O)C(=O)c2ccccc21)NCc1ccccn1. The predicted molar refractivity (Wildman–Crippen MR) is 79.2 cm³/mol. The number of amides is 2. The third kappa shape index (κ3) is 2.58. The summed E-state index contributed by atoms with van der Waals surface area (Å²) in [6.07, 6.45) is 1.64. The maximum absolute atomic E-state index is 12.0. The summed E-state index contributed by atoms with van der Waals surface area (Å²) in [6.45, 7) is 0.0890. The zero-order valence-corrected chi connectivity index (χ0v) is 11.7. The van der Waals surface area contributed by atoms with Crippen LogP contribution in [0.5, 0.6) is 0 Å². The average Bonchev–Trinajstić information content (AvgIpc) is 2.79. The van der Waals surface area contributed by atoms with E-state index in [-0.39, 0.29) is 19.0 Å². The lowest BCUT2D eigenvalue weighted by Gasteiger charge is -2.15. The van der Waals surface area contributed by atoms with E-state index in [9.17, 15) is 14.4 Å². The van der Waals surface area contributed by atoms with E-state index in [1.807, 2.05) is 6.07 Å². The minimum Gasteiger partial charge on any atom is -0.349 e. The molecule has 0 fully saturated rings. The molecule has 2 heterocycles. The number of fused-ring (bicyclic) bond motifs is 1. The van der Waals surface area contributed by atoms with E-state index in [1.165, 1.54) is 4.90 Å². The Bertz CT molecular complexity index is 743. The van der Waals surface area contributed by atoms with Gasteiger partial charge in [-0.1, -0.05) is 18.2 Å². The number of pyridine rings is 1. The minimum atomic E-state index is -0.672. The van der Waals surface area contributed by atoms with Gasteiger partial charge in [-0.3, -0.25) is 24.3 Å². The molecule has 2 aromatic rings. The lowest BCUT2D eigenvalue weighted by atomic mass is 10.1. The van der Waals surface area contributed by atoms with Crippen LogP contribution < -0.4 is 10.2 Å². The molecule has 2 amide bonds. The van der Waals surface area contributed by atoms with E-state index in [2.05, 4.69) is 10.3 Å². The van der Waals surface area contributed by atoms with Gasteiger partial charge in [-0.2, -0.15) is 0 Å². The summed E-state index contributed by atoms with van der Waals surface area (Å²) in [5.41, 5.74) is 1.54. The number of nitrogens with zero attached hydrogens (tertiary/aromatic N) is 2. The predicted octanol–water partition coefficient (Wildman–Crippen LogP) is 0.927. The summed E-state index contributed by atoms with van der Waals surface area (Å²) in [6, 6.07) is 12.1. The molecule has 110 valence electrons. The van der Waals surface area contributed by atoms with Crippen LogP contribution in [0.3, 0.4) is 0 Å². The molecule has 0 saturated carbocycles. The van der Waals surface area contributed by atoms with Crippen molar-refractivity contribution in [1.29, 1.82) is 0 Å². The Balaban J connectivity index is 1.67. The number of rotatable bonds is 4. The molecule has 3 rings (SSSR count). The largest absolute Gasteiger partial charge is 0.349 e. The number of carbonyl (C=O) groups excluding carboxylic acids is 3. The maximum Gasteiger partial charge on any atom is 0.299 e. The van der Waals surface area contributed by atoms with Crippen molar-refractivity contribution >= 4 is 23.3 Å². The van der Waals surface area contributed by atoms with Crippen LogP contribution in [-0.4, -0.2) is 29.1 Å². The first-order valence-corrected chi connectivity index (χ1v) is 6.78. The van der Waals surface area contributed by atoms with E-state index < -0.39 is 11.7 Å². The van der Waals surface area contributed by atoms with Gasteiger partial charge in [-0.25, -0.2) is 0 Å². The molecular weight excluding hydrogens is 282 g/mol. The molecule has 0 radical (unpaired) electrons. The van der Waals surface area contributed by atoms with Crippen LogP contribution in [-0.2, 0) is 16.1 Å². The van der Waals surface area contributed by atoms with Gasteiger partial charge in [0.2, 0.25) is 5.91 Å². The van der Waals surface area contributed by atoms with Gasteiger partial charge in [-0.15, -0.1) is 0 Å². The van der Waals surface area contributed by atoms with Crippen molar-refractivity contribution in [2.75, 3.05) is 11.4 Å². The maximum atomic E-state index is 12.0. The van der Waals surface area contributed by atoms with Crippen LogP contribution in [0.1, 0.15) is 16.1 Å². The van der Waals surface area contributed by atoms with Crippen molar-refractivity contribution in [3.8, 4) is 0 Å². The number of hydrogen-bond acceptors (Lipinski definition) is 4. The molecular formula is C16H13N3O3. The third-order valence-corrected chi connectivity index (χ3v) is 3.37. The highest BCUT2D eigenvalue weighted by Gasteiger charge is 2.36. The van der Waals surface area contributed by atoms with Crippen molar-refractivity contribution in [2.24, 2.45) is 0 Å². The van der Waals surface area contributed by atoms with Crippen LogP contribution in [0.2, 0.25) is 0 Å². The normalized spacial score (nSPS) is 13.2. The molecule has 0 saturated heterocycles. The van der Waals surface area contributed by atoms with Gasteiger partial charge < -0.3 is 5.32 Å². The Morgan fingerprint density at radius 1 is 1.09 bits per heavy atom. The van der Waals surface area contributed by atoms with Crippen molar-refractivity contribution in [3.05, 3.63) is 59.9 Å². The number of hydrogen-bond donors (Lipinski definition) is 1. The summed E-state index contributed by atoms with van der Waals surface area (Å²) >= 11 is 0. The van der Waals surface area contributed by atoms with Gasteiger partial charge in [0.15, 0.2) is 0 Å². The van der Waals surface area contributed by atoms with Gasteiger partial charge >= 0.3 is 0 Å². The standard InChI is InChI=1S/C16H13N3O3/c20-14(18-9-11-5-3-4-8-17-11)10-19-13-7-2-1-6-12(13)15(21)16(19)22/h1-8H,9-10H2,(H,18,20). The second-order valence-electron chi connectivity index (χ2n) is 4.84. The zero-order valence-electron chi connectivity index (χ0n) is 11.7. The molecule has 22 heavy (non-hydrogen) atoms. The van der Waals surface area contributed by atoms with Gasteiger partial charge in [0.25, 0.3) is 11.7 Å². The van der Waals surface area contributed by atoms with Gasteiger partial charge in [0, 0.05) is 6.20 Å². The third-order valence-electron chi connectivity index (χ3n) is 3.37. The van der Waals surface area contributed by atoms with Crippen LogP contribution in [0.15, 0.2) is 48.7 Å². The highest BCUT2D eigenvalue weighted by Crippen LogP contribution is 2.27. The van der Waals surface area contributed by atoms with Gasteiger partial charge in [-0.05, 0) is 24.3 Å². The summed E-state index contributed by atoms with van der Waals surface area (Å²) in [5, 5.41) is 2.69. The number of Topliss-reactive ketones (excluding diaryl/α,β-unsaturated/α-hetero) is 1. The lowest BCUT2D eigenvalue weighted by Crippen LogP contribution is -2.40. The molecule has 0 aliphatic carbocycles. The molecule has 1 aliphatic rings. The Kier molecular flexibility index (Phi) is 3.65. The summed E-state index contributed by atoms with van der Waals surface area (Å²) < 4.78 is 0. The Hall–Kier alpha value is -3.02.